The second-order valence-corrected chi connectivity index (χ2v) is 7.75. The van der Waals surface area contributed by atoms with E-state index < -0.39 is 5.91 Å². The predicted molar refractivity (Wildman–Crippen MR) is 116 cm³/mol. The highest BCUT2D eigenvalue weighted by molar-refractivity contribution is 6.30. The van der Waals surface area contributed by atoms with Gasteiger partial charge in [0.05, 0.1) is 17.1 Å². The number of anilines is 1. The number of rotatable bonds is 7. The summed E-state index contributed by atoms with van der Waals surface area (Å²) in [4.78, 5) is 23.6. The van der Waals surface area contributed by atoms with E-state index in [-0.39, 0.29) is 6.04 Å². The number of hydrogen-bond acceptors (Lipinski definition) is 5. The summed E-state index contributed by atoms with van der Waals surface area (Å²) in [6.45, 7) is 5.06. The van der Waals surface area contributed by atoms with E-state index in [1.807, 2.05) is 43.3 Å². The molecule has 1 aromatic heterocycles. The molecule has 2 heterocycles. The second-order valence-electron chi connectivity index (χ2n) is 7.31. The van der Waals surface area contributed by atoms with Crippen molar-refractivity contribution in [2.75, 3.05) is 25.0 Å². The lowest BCUT2D eigenvalue weighted by atomic mass is 10.0. The zero-order valence-corrected chi connectivity index (χ0v) is 17.1. The first kappa shape index (κ1) is 19.6. The van der Waals surface area contributed by atoms with E-state index in [0.29, 0.717) is 28.3 Å². The van der Waals surface area contributed by atoms with E-state index in [0.717, 1.165) is 36.4 Å². The van der Waals surface area contributed by atoms with Crippen molar-refractivity contribution >= 4 is 34.2 Å². The Hall–Kier alpha value is -2.70. The molecule has 0 bridgehead atoms. The number of carbonyl (C=O) groups excluding carboxylic acids is 1. The SMILES string of the molecule is CCc1nc(N[C@H](CN2CCC2)c2ccc(Cl)cc2)c2cccc(C(N)=O)c2n1. The fraction of sp³-hybridized carbons (Fsp3) is 0.318. The fourth-order valence-corrected chi connectivity index (χ4v) is 3.71. The molecule has 1 amide bonds. The number of primary amides is 1. The van der Waals surface area contributed by atoms with Crippen molar-refractivity contribution in [1.82, 2.24) is 14.9 Å². The minimum atomic E-state index is -0.489. The van der Waals surface area contributed by atoms with Crippen LogP contribution >= 0.6 is 11.6 Å². The molecule has 0 unspecified atom stereocenters. The number of fused-ring (bicyclic) bond motifs is 1. The van der Waals surface area contributed by atoms with Gasteiger partial charge in [-0.1, -0.05) is 36.7 Å². The van der Waals surface area contributed by atoms with E-state index in [1.165, 1.54) is 6.42 Å². The molecule has 0 radical (unpaired) electrons. The highest BCUT2D eigenvalue weighted by Crippen LogP contribution is 2.29. The van der Waals surface area contributed by atoms with E-state index in [1.54, 1.807) is 6.07 Å². The van der Waals surface area contributed by atoms with Crippen molar-refractivity contribution < 1.29 is 4.79 Å². The maximum absolute atomic E-state index is 11.9. The van der Waals surface area contributed by atoms with Gasteiger partial charge >= 0.3 is 0 Å². The molecule has 1 fully saturated rings. The monoisotopic (exact) mass is 409 g/mol. The third kappa shape index (κ3) is 4.18. The Labute approximate surface area is 175 Å². The first-order chi connectivity index (χ1) is 14.0. The number of halogens is 1. The molecule has 0 spiro atoms. The lowest BCUT2D eigenvalue weighted by Gasteiger charge is -2.35. The number of amides is 1. The fourth-order valence-electron chi connectivity index (χ4n) is 3.58. The number of benzene rings is 2. The van der Waals surface area contributed by atoms with Crippen LogP contribution in [0.3, 0.4) is 0 Å². The molecule has 1 atom stereocenters. The Morgan fingerprint density at radius 1 is 1.21 bits per heavy atom. The summed E-state index contributed by atoms with van der Waals surface area (Å²) in [6, 6.07) is 13.4. The van der Waals surface area contributed by atoms with Crippen LogP contribution in [0.4, 0.5) is 5.82 Å². The van der Waals surface area contributed by atoms with Crippen molar-refractivity contribution in [3.05, 3.63) is 64.4 Å². The van der Waals surface area contributed by atoms with Gasteiger partial charge in [-0.25, -0.2) is 9.97 Å². The van der Waals surface area contributed by atoms with Crippen molar-refractivity contribution in [3.8, 4) is 0 Å². The number of aryl methyl sites for hydroxylation is 1. The Kier molecular flexibility index (Phi) is 5.65. The standard InChI is InChI=1S/C22H24ClN5O/c1-2-19-26-20-16(21(24)29)5-3-6-17(20)22(27-19)25-18(13-28-11-4-12-28)14-7-9-15(23)10-8-14/h3,5-10,18H,2,4,11-13H2,1H3,(H2,24,29)(H,25,26,27)/t18-/m1/s1. The van der Waals surface area contributed by atoms with Crippen LogP contribution in [0.25, 0.3) is 10.9 Å². The van der Waals surface area contributed by atoms with Gasteiger partial charge in [-0.3, -0.25) is 4.79 Å². The summed E-state index contributed by atoms with van der Waals surface area (Å²) < 4.78 is 0. The van der Waals surface area contributed by atoms with Gasteiger partial charge in [-0.15, -0.1) is 0 Å². The lowest BCUT2D eigenvalue weighted by molar-refractivity contribution is 0.100. The molecule has 2 aromatic carbocycles. The molecule has 4 rings (SSSR count). The molecule has 0 aliphatic carbocycles. The largest absolute Gasteiger partial charge is 0.366 e. The zero-order valence-electron chi connectivity index (χ0n) is 16.4. The average Bonchev–Trinajstić information content (AvgIpc) is 2.69. The van der Waals surface area contributed by atoms with Crippen molar-refractivity contribution in [2.24, 2.45) is 5.73 Å². The minimum Gasteiger partial charge on any atom is -0.366 e. The van der Waals surface area contributed by atoms with Crippen LogP contribution in [-0.2, 0) is 6.42 Å². The number of hydrogen-bond donors (Lipinski definition) is 2. The van der Waals surface area contributed by atoms with E-state index in [9.17, 15) is 4.79 Å². The molecule has 29 heavy (non-hydrogen) atoms. The van der Waals surface area contributed by atoms with Gasteiger partial charge in [0.15, 0.2) is 0 Å². The Morgan fingerprint density at radius 2 is 1.97 bits per heavy atom. The highest BCUT2D eigenvalue weighted by atomic mass is 35.5. The van der Waals surface area contributed by atoms with Crippen molar-refractivity contribution in [1.29, 1.82) is 0 Å². The quantitative estimate of drug-likeness (QED) is 0.620. The van der Waals surface area contributed by atoms with Gasteiger partial charge in [-0.2, -0.15) is 0 Å². The third-order valence-corrected chi connectivity index (χ3v) is 5.58. The first-order valence-electron chi connectivity index (χ1n) is 9.89. The van der Waals surface area contributed by atoms with Crippen LogP contribution in [0, 0.1) is 0 Å². The minimum absolute atomic E-state index is 0.0348. The summed E-state index contributed by atoms with van der Waals surface area (Å²) >= 11 is 6.09. The first-order valence-corrected chi connectivity index (χ1v) is 10.3. The van der Waals surface area contributed by atoms with E-state index in [4.69, 9.17) is 22.3 Å². The number of carbonyl (C=O) groups is 1. The van der Waals surface area contributed by atoms with E-state index >= 15 is 0 Å². The van der Waals surface area contributed by atoms with Gasteiger partial charge in [0, 0.05) is 23.4 Å². The van der Waals surface area contributed by atoms with E-state index in [2.05, 4.69) is 15.2 Å². The van der Waals surface area contributed by atoms with Crippen LogP contribution < -0.4 is 11.1 Å². The molecular formula is C22H24ClN5O. The third-order valence-electron chi connectivity index (χ3n) is 5.33. The molecule has 6 nitrogen and oxygen atoms in total. The number of aromatic nitrogens is 2. The molecule has 7 heteroatoms. The number of nitrogens with zero attached hydrogens (tertiary/aromatic N) is 3. The van der Waals surface area contributed by atoms with Gasteiger partial charge < -0.3 is 16.0 Å². The average molecular weight is 410 g/mol. The molecular weight excluding hydrogens is 386 g/mol. The maximum Gasteiger partial charge on any atom is 0.250 e. The molecule has 1 aliphatic rings. The van der Waals surface area contributed by atoms with Gasteiger partial charge in [-0.05, 0) is 49.3 Å². The summed E-state index contributed by atoms with van der Waals surface area (Å²) in [7, 11) is 0. The van der Waals surface area contributed by atoms with Crippen molar-refractivity contribution in [2.45, 2.75) is 25.8 Å². The second kappa shape index (κ2) is 8.35. The van der Waals surface area contributed by atoms with Gasteiger partial charge in [0.2, 0.25) is 0 Å². The molecule has 3 aromatic rings. The maximum atomic E-state index is 11.9. The van der Waals surface area contributed by atoms with Gasteiger partial charge in [0.25, 0.3) is 5.91 Å². The summed E-state index contributed by atoms with van der Waals surface area (Å²) in [5.41, 5.74) is 7.72. The molecule has 1 saturated heterocycles. The highest BCUT2D eigenvalue weighted by Gasteiger charge is 2.22. The summed E-state index contributed by atoms with van der Waals surface area (Å²) in [5, 5.41) is 5.11. The van der Waals surface area contributed by atoms with Crippen LogP contribution in [0.2, 0.25) is 5.02 Å². The zero-order chi connectivity index (χ0) is 20.4. The normalized spacial score (nSPS) is 15.1. The Bertz CT molecular complexity index is 1030. The van der Waals surface area contributed by atoms with Crippen LogP contribution in [0.1, 0.15) is 41.1 Å². The molecule has 0 saturated carbocycles. The number of likely N-dealkylation sites (tertiary alicyclic amines) is 1. The topological polar surface area (TPSA) is 84.1 Å². The number of nitrogens with two attached hydrogens (primary N) is 1. The number of para-hydroxylation sites is 1. The van der Waals surface area contributed by atoms with Crippen molar-refractivity contribution in [3.63, 3.8) is 0 Å². The smallest absolute Gasteiger partial charge is 0.250 e. The Morgan fingerprint density at radius 3 is 2.59 bits per heavy atom. The number of nitrogens with one attached hydrogen (secondary N) is 1. The molecule has 150 valence electrons. The predicted octanol–water partition coefficient (Wildman–Crippen LogP) is 3.80. The van der Waals surface area contributed by atoms with Crippen LogP contribution in [0.15, 0.2) is 42.5 Å². The molecule has 1 aliphatic heterocycles. The molecule has 3 N–H and O–H groups in total. The van der Waals surface area contributed by atoms with Crippen LogP contribution in [-0.4, -0.2) is 40.4 Å². The Balaban J connectivity index is 1.77. The summed E-state index contributed by atoms with van der Waals surface area (Å²) in [6.07, 6.45) is 1.89. The summed E-state index contributed by atoms with van der Waals surface area (Å²) in [5.74, 6) is 0.903. The van der Waals surface area contributed by atoms with Crippen LogP contribution in [0.5, 0.6) is 0 Å². The lowest BCUT2D eigenvalue weighted by Crippen LogP contribution is -2.41. The van der Waals surface area contributed by atoms with Gasteiger partial charge in [0.1, 0.15) is 11.6 Å².